The van der Waals surface area contributed by atoms with Gasteiger partial charge in [0.1, 0.15) is 23.2 Å². The van der Waals surface area contributed by atoms with E-state index in [1.807, 2.05) is 0 Å². The van der Waals surface area contributed by atoms with Crippen LogP contribution in [0.2, 0.25) is 5.02 Å². The molecule has 0 bridgehead atoms. The minimum absolute atomic E-state index is 0.0304. The lowest BCUT2D eigenvalue weighted by atomic mass is 9.84. The maximum atomic E-state index is 14.2. The van der Waals surface area contributed by atoms with E-state index in [1.165, 1.54) is 23.9 Å². The van der Waals surface area contributed by atoms with Crippen molar-refractivity contribution in [3.8, 4) is 0 Å². The van der Waals surface area contributed by atoms with Crippen molar-refractivity contribution in [1.82, 2.24) is 9.80 Å². The average Bonchev–Trinajstić information content (AvgIpc) is 3.61. The Morgan fingerprint density at radius 2 is 1.92 bits per heavy atom. The molecule has 190 valence electrons. The molecular formula is C24H24ClF2N5O3S. The predicted molar refractivity (Wildman–Crippen MR) is 134 cm³/mol. The van der Waals surface area contributed by atoms with Crippen molar-refractivity contribution in [3.05, 3.63) is 69.7 Å². The van der Waals surface area contributed by atoms with Crippen LogP contribution in [0.4, 0.5) is 13.6 Å². The molecule has 2 amide bonds. The third-order valence-electron chi connectivity index (χ3n) is 6.24. The van der Waals surface area contributed by atoms with Crippen LogP contribution < -0.4 is 11.5 Å². The van der Waals surface area contributed by atoms with Gasteiger partial charge in [-0.25, -0.2) is 18.6 Å². The molecule has 1 fully saturated rings. The van der Waals surface area contributed by atoms with E-state index in [0.29, 0.717) is 29.0 Å². The van der Waals surface area contributed by atoms with E-state index in [2.05, 4.69) is 4.99 Å². The first kappa shape index (κ1) is 25.8. The van der Waals surface area contributed by atoms with Gasteiger partial charge >= 0.3 is 6.09 Å². The van der Waals surface area contributed by atoms with Gasteiger partial charge in [0, 0.05) is 25.7 Å². The van der Waals surface area contributed by atoms with Crippen molar-refractivity contribution in [2.45, 2.75) is 24.4 Å². The Morgan fingerprint density at radius 1 is 1.28 bits per heavy atom. The molecule has 4 rings (SSSR count). The first-order valence-electron chi connectivity index (χ1n) is 11.0. The summed E-state index contributed by atoms with van der Waals surface area (Å²) >= 11 is 11.3. The highest BCUT2D eigenvalue weighted by Gasteiger charge is 2.59. The van der Waals surface area contributed by atoms with Crippen molar-refractivity contribution in [2.75, 3.05) is 20.7 Å². The third-order valence-corrected chi connectivity index (χ3v) is 6.79. The number of guanidine groups is 1. The van der Waals surface area contributed by atoms with Gasteiger partial charge in [-0.05, 0) is 54.2 Å². The number of carbonyl (C=O) groups excluding carboxylic acids is 2. The summed E-state index contributed by atoms with van der Waals surface area (Å²) in [5.41, 5.74) is 11.4. The Morgan fingerprint density at radius 3 is 2.47 bits per heavy atom. The number of halogens is 3. The van der Waals surface area contributed by atoms with Gasteiger partial charge in [0.15, 0.2) is 11.5 Å². The zero-order chi connectivity index (χ0) is 26.4. The summed E-state index contributed by atoms with van der Waals surface area (Å²) in [4.78, 5) is 33.2. The summed E-state index contributed by atoms with van der Waals surface area (Å²) in [5.74, 6) is -2.71. The fourth-order valence-corrected chi connectivity index (χ4v) is 4.82. The second-order valence-electron chi connectivity index (χ2n) is 8.93. The van der Waals surface area contributed by atoms with Crippen molar-refractivity contribution in [3.63, 3.8) is 0 Å². The first-order valence-corrected chi connectivity index (χ1v) is 11.8. The molecule has 1 heterocycles. The number of thiocarbonyl (C=S) groups is 1. The van der Waals surface area contributed by atoms with E-state index in [9.17, 15) is 18.4 Å². The average molecular weight is 536 g/mol. The second kappa shape index (κ2) is 9.62. The zero-order valence-corrected chi connectivity index (χ0v) is 21.1. The van der Waals surface area contributed by atoms with E-state index in [1.54, 1.807) is 18.2 Å². The number of aliphatic imine (C=N–C) groups is 1. The highest BCUT2D eigenvalue weighted by Crippen LogP contribution is 2.53. The van der Waals surface area contributed by atoms with Crippen molar-refractivity contribution in [1.29, 1.82) is 0 Å². The Bertz CT molecular complexity index is 1270. The van der Waals surface area contributed by atoms with Crippen LogP contribution in [0.1, 0.15) is 35.6 Å². The summed E-state index contributed by atoms with van der Waals surface area (Å²) in [6, 6.07) is 6.71. The number of carbonyl (C=O) groups is 2. The molecule has 1 unspecified atom stereocenters. The number of rotatable bonds is 7. The molecule has 0 spiro atoms. The summed E-state index contributed by atoms with van der Waals surface area (Å²) in [7, 11) is 3.02. The smallest absolute Gasteiger partial charge is 0.409 e. The maximum absolute atomic E-state index is 14.2. The van der Waals surface area contributed by atoms with Crippen LogP contribution >= 0.6 is 23.8 Å². The second-order valence-corrected chi connectivity index (χ2v) is 9.78. The van der Waals surface area contributed by atoms with Crippen LogP contribution in [0, 0.1) is 17.6 Å². The summed E-state index contributed by atoms with van der Waals surface area (Å²) in [5, 5.41) is 0.298. The van der Waals surface area contributed by atoms with Gasteiger partial charge in [0.05, 0.1) is 11.1 Å². The fourth-order valence-electron chi connectivity index (χ4n) is 4.37. The Labute approximate surface area is 216 Å². The zero-order valence-electron chi connectivity index (χ0n) is 19.5. The van der Waals surface area contributed by atoms with Crippen LogP contribution in [0.3, 0.4) is 0 Å². The molecule has 1 aliphatic heterocycles. The molecule has 0 radical (unpaired) electrons. The van der Waals surface area contributed by atoms with Gasteiger partial charge in [-0.3, -0.25) is 9.69 Å². The number of nitrogens with zero attached hydrogens (tertiary/aromatic N) is 3. The van der Waals surface area contributed by atoms with E-state index < -0.39 is 35.2 Å². The van der Waals surface area contributed by atoms with Gasteiger partial charge in [-0.15, -0.1) is 0 Å². The molecular weight excluding hydrogens is 512 g/mol. The standard InChI is InChI=1S/C24H24ClF2N5O3S/c1-31(2)23(34)35-11-19(12-3-6-18(25)17(7-12)20(28)36)32-21(33)24(13-4-5-13,30-22(32)29)14-8-15(26)10-16(27)9-14/h3,6-10,13,19H,4-5,11H2,1-2H3,(H2,28,36)(H2,29,30)/t19?,24-/m1/s1. The lowest BCUT2D eigenvalue weighted by Gasteiger charge is -2.32. The van der Waals surface area contributed by atoms with Crippen LogP contribution in [0.25, 0.3) is 0 Å². The minimum atomic E-state index is -1.60. The van der Waals surface area contributed by atoms with Gasteiger partial charge in [0.25, 0.3) is 5.91 Å². The van der Waals surface area contributed by atoms with Crippen molar-refractivity contribution in [2.24, 2.45) is 22.4 Å². The summed E-state index contributed by atoms with van der Waals surface area (Å²) < 4.78 is 33.8. The maximum Gasteiger partial charge on any atom is 0.409 e. The van der Waals surface area contributed by atoms with Crippen LogP contribution in [-0.2, 0) is 15.1 Å². The number of nitrogens with two attached hydrogens (primary N) is 2. The lowest BCUT2D eigenvalue weighted by molar-refractivity contribution is -0.134. The van der Waals surface area contributed by atoms with Crippen molar-refractivity contribution >= 4 is 46.8 Å². The molecule has 1 aliphatic carbocycles. The molecule has 4 N–H and O–H groups in total. The summed E-state index contributed by atoms with van der Waals surface area (Å²) in [6.45, 7) is -0.296. The fraction of sp³-hybridized carbons (Fsp3) is 0.333. The summed E-state index contributed by atoms with van der Waals surface area (Å²) in [6.07, 6.45) is 0.606. The van der Waals surface area contributed by atoms with Crippen LogP contribution in [0.5, 0.6) is 0 Å². The van der Waals surface area contributed by atoms with Crippen LogP contribution in [-0.4, -0.2) is 53.5 Å². The molecule has 36 heavy (non-hydrogen) atoms. The Hall–Kier alpha value is -3.31. The monoisotopic (exact) mass is 535 g/mol. The number of amides is 2. The highest BCUT2D eigenvalue weighted by atomic mass is 35.5. The molecule has 1 saturated carbocycles. The van der Waals surface area contributed by atoms with Gasteiger partial charge in [-0.1, -0.05) is 29.9 Å². The lowest BCUT2D eigenvalue weighted by Crippen LogP contribution is -2.47. The van der Waals surface area contributed by atoms with Gasteiger partial charge < -0.3 is 21.1 Å². The third kappa shape index (κ3) is 4.60. The molecule has 8 nitrogen and oxygen atoms in total. The molecule has 12 heteroatoms. The molecule has 0 aromatic heterocycles. The van der Waals surface area contributed by atoms with Crippen molar-refractivity contribution < 1.29 is 23.1 Å². The Kier molecular flexibility index (Phi) is 6.89. The Balaban J connectivity index is 1.81. The highest BCUT2D eigenvalue weighted by molar-refractivity contribution is 7.80. The SMILES string of the molecule is CN(C)C(=O)OCC(c1ccc(Cl)c(C(N)=S)c1)N1C(=O)[C@](c2cc(F)cc(F)c2)(C2CC2)N=C1N. The molecule has 2 atom stereocenters. The minimum Gasteiger partial charge on any atom is -0.447 e. The first-order chi connectivity index (χ1) is 17.0. The van der Waals surface area contributed by atoms with Crippen LogP contribution in [0.15, 0.2) is 41.4 Å². The molecule has 2 aromatic carbocycles. The number of benzene rings is 2. The molecule has 2 aliphatic rings. The number of ether oxygens (including phenoxy) is 1. The van der Waals surface area contributed by atoms with Gasteiger partial charge in [0.2, 0.25) is 0 Å². The van der Waals surface area contributed by atoms with E-state index in [0.717, 1.165) is 18.2 Å². The number of hydrogen-bond acceptors (Lipinski definition) is 6. The molecule has 0 saturated heterocycles. The normalized spacial score (nSPS) is 20.2. The van der Waals surface area contributed by atoms with E-state index >= 15 is 0 Å². The largest absolute Gasteiger partial charge is 0.447 e. The topological polar surface area (TPSA) is 114 Å². The van der Waals surface area contributed by atoms with E-state index in [4.69, 9.17) is 40.0 Å². The van der Waals surface area contributed by atoms with Gasteiger partial charge in [-0.2, -0.15) is 0 Å². The number of hydrogen-bond donors (Lipinski definition) is 2. The molecule has 2 aromatic rings. The van der Waals surface area contributed by atoms with E-state index in [-0.39, 0.29) is 29.0 Å². The predicted octanol–water partition coefficient (Wildman–Crippen LogP) is 3.45. The quantitative estimate of drug-likeness (QED) is 0.525.